The second kappa shape index (κ2) is 8.76. The van der Waals surface area contributed by atoms with Crippen LogP contribution < -0.4 is 15.1 Å². The van der Waals surface area contributed by atoms with Crippen LogP contribution in [0.2, 0.25) is 5.15 Å². The maximum atomic E-state index is 14.1. The van der Waals surface area contributed by atoms with Gasteiger partial charge in [0.1, 0.15) is 11.0 Å². The molecule has 0 aliphatic heterocycles. The lowest BCUT2D eigenvalue weighted by Gasteiger charge is -2.19. The van der Waals surface area contributed by atoms with E-state index in [0.29, 0.717) is 23.7 Å². The molecule has 26 heavy (non-hydrogen) atoms. The second-order valence-electron chi connectivity index (χ2n) is 5.06. The van der Waals surface area contributed by atoms with Crippen LogP contribution in [0.5, 0.6) is 0 Å². The van der Waals surface area contributed by atoms with E-state index < -0.39 is 11.7 Å². The molecule has 136 valence electrons. The van der Waals surface area contributed by atoms with Gasteiger partial charge in [0.25, 0.3) is 5.91 Å². The predicted molar refractivity (Wildman–Crippen MR) is 103 cm³/mol. The molecule has 0 unspecified atom stereocenters. The Hall–Kier alpha value is -2.47. The molecule has 0 atom stereocenters. The number of hydroxylamine groups is 1. The molecule has 2 aromatic rings. The van der Waals surface area contributed by atoms with Gasteiger partial charge in [0.15, 0.2) is 0 Å². The minimum atomic E-state index is -0.589. The molecule has 0 fully saturated rings. The third-order valence-corrected chi connectivity index (χ3v) is 3.71. The molecule has 2 N–H and O–H groups in total. The molecular formula is C17H16ClFN4O2S. The fourth-order valence-electron chi connectivity index (χ4n) is 2.09. The molecule has 0 bridgehead atoms. The van der Waals surface area contributed by atoms with Crippen molar-refractivity contribution in [2.75, 3.05) is 23.3 Å². The number of hydrogen-bond donors (Lipinski definition) is 3. The van der Waals surface area contributed by atoms with Crippen LogP contribution in [0.4, 0.5) is 21.5 Å². The number of carbonyl (C=O) groups excluding carboxylic acids is 1. The molecule has 0 aliphatic rings. The molecule has 0 radical (unpaired) electrons. The number of hydrogen-bond acceptors (Lipinski definition) is 6. The minimum absolute atomic E-state index is 0.0912. The van der Waals surface area contributed by atoms with E-state index in [1.54, 1.807) is 14.0 Å². The first-order chi connectivity index (χ1) is 12.4. The number of aromatic nitrogens is 1. The standard InChI is InChI=1S/C17H16ClFN4O2S/c1-4-10-6-15(23(3)26)14(7-12(10)19)21-13-8-16(18)20-9-11(13)17(24)22-25-5-2/h1,6-9,26H,5H2,2-3H3,(H,20,21)(H,22,24). The molecule has 1 amide bonds. The summed E-state index contributed by atoms with van der Waals surface area (Å²) in [5.74, 6) is 1.15. The number of nitrogens with one attached hydrogen (secondary N) is 2. The molecule has 2 rings (SSSR count). The number of nitrogens with zero attached hydrogens (tertiary/aromatic N) is 2. The molecule has 1 aromatic heterocycles. The number of thiol groups is 1. The van der Waals surface area contributed by atoms with E-state index >= 15 is 0 Å². The Labute approximate surface area is 161 Å². The van der Waals surface area contributed by atoms with Crippen molar-refractivity contribution in [1.82, 2.24) is 10.5 Å². The summed E-state index contributed by atoms with van der Waals surface area (Å²) in [5.41, 5.74) is 3.69. The van der Waals surface area contributed by atoms with Gasteiger partial charge in [-0.1, -0.05) is 30.3 Å². The quantitative estimate of drug-likeness (QED) is 0.302. The molecule has 0 aliphatic carbocycles. The molecule has 6 nitrogen and oxygen atoms in total. The predicted octanol–water partition coefficient (Wildman–Crippen LogP) is 3.56. The number of carbonyl (C=O) groups is 1. The van der Waals surface area contributed by atoms with Gasteiger partial charge in [0.2, 0.25) is 0 Å². The zero-order valence-corrected chi connectivity index (χ0v) is 15.7. The lowest BCUT2D eigenvalue weighted by atomic mass is 10.1. The van der Waals surface area contributed by atoms with Crippen LogP contribution in [0.3, 0.4) is 0 Å². The molecular weight excluding hydrogens is 379 g/mol. The van der Waals surface area contributed by atoms with Gasteiger partial charge in [-0.3, -0.25) is 9.63 Å². The average molecular weight is 395 g/mol. The van der Waals surface area contributed by atoms with Crippen molar-refractivity contribution in [1.29, 1.82) is 0 Å². The van der Waals surface area contributed by atoms with E-state index in [4.69, 9.17) is 22.9 Å². The molecule has 1 aromatic carbocycles. The van der Waals surface area contributed by atoms with E-state index in [-0.39, 0.29) is 16.3 Å². The first-order valence-corrected chi connectivity index (χ1v) is 8.22. The van der Waals surface area contributed by atoms with Crippen molar-refractivity contribution in [3.8, 4) is 12.3 Å². The van der Waals surface area contributed by atoms with Crippen LogP contribution in [0.25, 0.3) is 0 Å². The van der Waals surface area contributed by atoms with Gasteiger partial charge in [-0.2, -0.15) is 0 Å². The van der Waals surface area contributed by atoms with Gasteiger partial charge >= 0.3 is 0 Å². The molecule has 0 saturated heterocycles. The lowest BCUT2D eigenvalue weighted by molar-refractivity contribution is 0.0365. The summed E-state index contributed by atoms with van der Waals surface area (Å²) in [7, 11) is 1.66. The first-order valence-electron chi connectivity index (χ1n) is 7.44. The SMILES string of the molecule is C#Cc1cc(N(C)S)c(Nc2cc(Cl)ncc2C(=O)NOCC)cc1F. The first kappa shape index (κ1) is 19.8. The summed E-state index contributed by atoms with van der Waals surface area (Å²) >= 11 is 10.2. The van der Waals surface area contributed by atoms with Crippen molar-refractivity contribution in [2.24, 2.45) is 0 Å². The zero-order chi connectivity index (χ0) is 19.3. The summed E-state index contributed by atoms with van der Waals surface area (Å²) in [4.78, 5) is 21.0. The van der Waals surface area contributed by atoms with Gasteiger partial charge in [0, 0.05) is 19.3 Å². The van der Waals surface area contributed by atoms with Gasteiger partial charge in [-0.15, -0.1) is 6.42 Å². The largest absolute Gasteiger partial charge is 0.353 e. The number of terminal acetylenes is 1. The van der Waals surface area contributed by atoms with E-state index in [0.717, 1.165) is 0 Å². The molecule has 1 heterocycles. The molecule has 9 heteroatoms. The van der Waals surface area contributed by atoms with Crippen LogP contribution in [0, 0.1) is 18.2 Å². The number of pyridine rings is 1. The molecule has 0 spiro atoms. The van der Waals surface area contributed by atoms with Crippen molar-refractivity contribution < 1.29 is 14.0 Å². The van der Waals surface area contributed by atoms with E-state index in [1.165, 1.54) is 28.7 Å². The average Bonchev–Trinajstić information content (AvgIpc) is 2.59. The number of halogens is 2. The van der Waals surface area contributed by atoms with Crippen LogP contribution >= 0.6 is 24.4 Å². The van der Waals surface area contributed by atoms with E-state index in [9.17, 15) is 9.18 Å². The van der Waals surface area contributed by atoms with Crippen LogP contribution in [0.1, 0.15) is 22.8 Å². The summed E-state index contributed by atoms with van der Waals surface area (Å²) in [6, 6.07) is 4.13. The Balaban J connectivity index is 2.48. The Morgan fingerprint density at radius 1 is 1.46 bits per heavy atom. The number of benzene rings is 1. The third kappa shape index (κ3) is 4.58. The smallest absolute Gasteiger partial charge is 0.278 e. The van der Waals surface area contributed by atoms with Gasteiger partial charge in [-0.25, -0.2) is 14.9 Å². The van der Waals surface area contributed by atoms with Crippen molar-refractivity contribution >= 4 is 47.4 Å². The Morgan fingerprint density at radius 2 is 2.19 bits per heavy atom. The third-order valence-electron chi connectivity index (χ3n) is 3.28. The van der Waals surface area contributed by atoms with Crippen LogP contribution in [0.15, 0.2) is 24.4 Å². The zero-order valence-electron chi connectivity index (χ0n) is 14.0. The van der Waals surface area contributed by atoms with Crippen molar-refractivity contribution in [3.05, 3.63) is 46.5 Å². The maximum absolute atomic E-state index is 14.1. The Bertz CT molecular complexity index is 871. The number of amides is 1. The van der Waals surface area contributed by atoms with Crippen LogP contribution in [-0.4, -0.2) is 24.5 Å². The fraction of sp³-hybridized carbons (Fsp3) is 0.176. The minimum Gasteiger partial charge on any atom is -0.353 e. The highest BCUT2D eigenvalue weighted by atomic mass is 35.5. The van der Waals surface area contributed by atoms with Crippen molar-refractivity contribution in [2.45, 2.75) is 6.92 Å². The van der Waals surface area contributed by atoms with Gasteiger partial charge in [0.05, 0.1) is 34.8 Å². The number of anilines is 3. The summed E-state index contributed by atoms with van der Waals surface area (Å²) in [6.07, 6.45) is 6.59. The second-order valence-corrected chi connectivity index (χ2v) is 6.05. The highest BCUT2D eigenvalue weighted by molar-refractivity contribution is 7.81. The maximum Gasteiger partial charge on any atom is 0.278 e. The lowest BCUT2D eigenvalue weighted by Crippen LogP contribution is -2.24. The van der Waals surface area contributed by atoms with E-state index in [2.05, 4.69) is 34.5 Å². The number of rotatable bonds is 6. The summed E-state index contributed by atoms with van der Waals surface area (Å²) in [6.45, 7) is 2.02. The normalized spacial score (nSPS) is 10.2. The highest BCUT2D eigenvalue weighted by Gasteiger charge is 2.17. The monoisotopic (exact) mass is 394 g/mol. The van der Waals surface area contributed by atoms with E-state index in [1.807, 2.05) is 0 Å². The van der Waals surface area contributed by atoms with Gasteiger partial charge < -0.3 is 9.62 Å². The summed E-state index contributed by atoms with van der Waals surface area (Å²) < 4.78 is 15.6. The van der Waals surface area contributed by atoms with Crippen LogP contribution in [-0.2, 0) is 4.84 Å². The topological polar surface area (TPSA) is 66.5 Å². The van der Waals surface area contributed by atoms with Gasteiger partial charge in [-0.05, 0) is 19.1 Å². The highest BCUT2D eigenvalue weighted by Crippen LogP contribution is 2.33. The Morgan fingerprint density at radius 3 is 2.81 bits per heavy atom. The Kier molecular flexibility index (Phi) is 6.69. The van der Waals surface area contributed by atoms with Crippen molar-refractivity contribution in [3.63, 3.8) is 0 Å². The fourth-order valence-corrected chi connectivity index (χ4v) is 2.42. The summed E-state index contributed by atoms with van der Waals surface area (Å²) in [5, 5.41) is 3.13. The molecule has 0 saturated carbocycles.